The van der Waals surface area contributed by atoms with Crippen molar-refractivity contribution in [3.05, 3.63) is 89.8 Å². The Labute approximate surface area is 167 Å². The highest BCUT2D eigenvalue weighted by molar-refractivity contribution is 5.79. The monoisotopic (exact) mass is 395 g/mol. The maximum Gasteiger partial charge on any atom is 0.312 e. The van der Waals surface area contributed by atoms with E-state index >= 15 is 0 Å². The topological polar surface area (TPSA) is 102 Å². The van der Waals surface area contributed by atoms with E-state index in [1.807, 2.05) is 18.2 Å². The quantitative estimate of drug-likeness (QED) is 0.573. The van der Waals surface area contributed by atoms with E-state index in [4.69, 9.17) is 5.73 Å². The molecule has 7 nitrogen and oxygen atoms in total. The van der Waals surface area contributed by atoms with Crippen LogP contribution in [-0.2, 0) is 11.8 Å². The minimum Gasteiger partial charge on any atom is -0.352 e. The average Bonchev–Trinajstić information content (AvgIpc) is 3.11. The molecule has 0 bridgehead atoms. The van der Waals surface area contributed by atoms with Gasteiger partial charge in [-0.05, 0) is 23.3 Å². The molecule has 3 rings (SSSR count). The second kappa shape index (κ2) is 9.01. The standard InChI is InChI=1S/C21H22FN5O2/c1-27-11-10-24-20(27)19(15-8-5-9-16(22)12-15)26-18(28)13-17(25-21(23)29)14-6-3-2-4-7-14/h2-12,17,19H,13H2,1H3,(H,26,28)(H3,23,25,29). The van der Waals surface area contributed by atoms with Crippen molar-refractivity contribution in [3.63, 3.8) is 0 Å². The largest absolute Gasteiger partial charge is 0.352 e. The van der Waals surface area contributed by atoms with E-state index in [-0.39, 0.29) is 12.3 Å². The molecule has 0 radical (unpaired) electrons. The lowest BCUT2D eigenvalue weighted by atomic mass is 10.0. The Balaban J connectivity index is 1.84. The molecule has 0 saturated carbocycles. The number of nitrogens with one attached hydrogen (secondary N) is 2. The van der Waals surface area contributed by atoms with Gasteiger partial charge in [-0.25, -0.2) is 14.2 Å². The van der Waals surface area contributed by atoms with Crippen LogP contribution in [0.4, 0.5) is 9.18 Å². The summed E-state index contributed by atoms with van der Waals surface area (Å²) in [4.78, 5) is 28.5. The maximum atomic E-state index is 13.8. The molecule has 4 N–H and O–H groups in total. The first-order valence-corrected chi connectivity index (χ1v) is 9.07. The van der Waals surface area contributed by atoms with Gasteiger partial charge in [0.05, 0.1) is 12.5 Å². The van der Waals surface area contributed by atoms with E-state index in [1.165, 1.54) is 12.1 Å². The Morgan fingerprint density at radius 3 is 2.45 bits per heavy atom. The molecule has 2 aromatic carbocycles. The first-order chi connectivity index (χ1) is 13.9. The number of hydrogen-bond donors (Lipinski definition) is 3. The highest BCUT2D eigenvalue weighted by atomic mass is 19.1. The van der Waals surface area contributed by atoms with Crippen molar-refractivity contribution < 1.29 is 14.0 Å². The van der Waals surface area contributed by atoms with Crippen molar-refractivity contribution >= 4 is 11.9 Å². The van der Waals surface area contributed by atoms with Gasteiger partial charge in [-0.3, -0.25) is 4.79 Å². The van der Waals surface area contributed by atoms with E-state index in [2.05, 4.69) is 15.6 Å². The molecule has 2 atom stereocenters. The summed E-state index contributed by atoms with van der Waals surface area (Å²) < 4.78 is 15.5. The number of nitrogens with zero attached hydrogens (tertiary/aromatic N) is 2. The molecule has 8 heteroatoms. The highest BCUT2D eigenvalue weighted by Gasteiger charge is 2.24. The number of rotatable bonds is 7. The van der Waals surface area contributed by atoms with Gasteiger partial charge in [0.15, 0.2) is 0 Å². The molecule has 3 aromatic rings. The van der Waals surface area contributed by atoms with Gasteiger partial charge in [0.25, 0.3) is 0 Å². The Kier molecular flexibility index (Phi) is 6.23. The van der Waals surface area contributed by atoms with Crippen LogP contribution < -0.4 is 16.4 Å². The number of primary amides is 1. The Hall–Kier alpha value is -3.68. The molecule has 3 amide bonds. The summed E-state index contributed by atoms with van der Waals surface area (Å²) in [6.45, 7) is 0. The Morgan fingerprint density at radius 2 is 1.83 bits per heavy atom. The summed E-state index contributed by atoms with van der Waals surface area (Å²) in [6, 6.07) is 13.1. The van der Waals surface area contributed by atoms with Gasteiger partial charge in [0.1, 0.15) is 17.7 Å². The van der Waals surface area contributed by atoms with Crippen LogP contribution in [-0.4, -0.2) is 21.5 Å². The normalized spacial score (nSPS) is 12.8. The van der Waals surface area contributed by atoms with Gasteiger partial charge in [-0.1, -0.05) is 42.5 Å². The summed E-state index contributed by atoms with van der Waals surface area (Å²) in [6.07, 6.45) is 3.31. The molecule has 0 aliphatic carbocycles. The van der Waals surface area contributed by atoms with Crippen LogP contribution in [0.1, 0.15) is 35.5 Å². The lowest BCUT2D eigenvalue weighted by molar-refractivity contribution is -0.122. The van der Waals surface area contributed by atoms with Gasteiger partial charge in [0.2, 0.25) is 5.91 Å². The van der Waals surface area contributed by atoms with Crippen molar-refractivity contribution in [1.82, 2.24) is 20.2 Å². The highest BCUT2D eigenvalue weighted by Crippen LogP contribution is 2.23. The van der Waals surface area contributed by atoms with E-state index in [0.29, 0.717) is 11.4 Å². The Bertz CT molecular complexity index is 990. The number of carbonyl (C=O) groups is 2. The predicted octanol–water partition coefficient (Wildman–Crippen LogP) is 2.56. The lowest BCUT2D eigenvalue weighted by Gasteiger charge is -2.22. The van der Waals surface area contributed by atoms with Crippen molar-refractivity contribution in [2.75, 3.05) is 0 Å². The van der Waals surface area contributed by atoms with Gasteiger partial charge < -0.3 is 20.9 Å². The van der Waals surface area contributed by atoms with Crippen LogP contribution in [0, 0.1) is 5.82 Å². The number of halogens is 1. The number of nitrogens with two attached hydrogens (primary N) is 1. The first kappa shape index (κ1) is 20.1. The summed E-state index contributed by atoms with van der Waals surface area (Å²) in [5.74, 6) is -0.193. The number of hydrogen-bond acceptors (Lipinski definition) is 3. The predicted molar refractivity (Wildman–Crippen MR) is 106 cm³/mol. The zero-order valence-corrected chi connectivity index (χ0v) is 15.9. The molecule has 0 saturated heterocycles. The molecule has 0 spiro atoms. The smallest absolute Gasteiger partial charge is 0.312 e. The first-order valence-electron chi connectivity index (χ1n) is 9.07. The molecule has 29 heavy (non-hydrogen) atoms. The molecule has 0 aliphatic rings. The molecule has 2 unspecified atom stereocenters. The minimum absolute atomic E-state index is 0.0385. The fourth-order valence-electron chi connectivity index (χ4n) is 3.15. The van der Waals surface area contributed by atoms with E-state index in [9.17, 15) is 14.0 Å². The van der Waals surface area contributed by atoms with Crippen molar-refractivity contribution in [2.45, 2.75) is 18.5 Å². The van der Waals surface area contributed by atoms with E-state index in [0.717, 1.165) is 5.56 Å². The van der Waals surface area contributed by atoms with Crippen molar-refractivity contribution in [1.29, 1.82) is 0 Å². The molecule has 0 aliphatic heterocycles. The molecule has 0 fully saturated rings. The number of aromatic nitrogens is 2. The van der Waals surface area contributed by atoms with Crippen molar-refractivity contribution in [2.24, 2.45) is 12.8 Å². The molecule has 1 heterocycles. The number of benzene rings is 2. The summed E-state index contributed by atoms with van der Waals surface area (Å²) >= 11 is 0. The number of imidazole rings is 1. The minimum atomic E-state index is -0.725. The second-order valence-electron chi connectivity index (χ2n) is 6.63. The average molecular weight is 395 g/mol. The zero-order chi connectivity index (χ0) is 20.8. The number of aryl methyl sites for hydroxylation is 1. The van der Waals surface area contributed by atoms with Gasteiger partial charge in [0, 0.05) is 19.4 Å². The summed E-state index contributed by atoms with van der Waals surface area (Å²) in [5.41, 5.74) is 6.59. The summed E-state index contributed by atoms with van der Waals surface area (Å²) in [5, 5.41) is 5.49. The maximum absolute atomic E-state index is 13.8. The SMILES string of the molecule is Cn1ccnc1C(NC(=O)CC(NC(N)=O)c1ccccc1)c1cccc(F)c1. The van der Waals surface area contributed by atoms with Crippen LogP contribution in [0.2, 0.25) is 0 Å². The molecule has 150 valence electrons. The zero-order valence-electron chi connectivity index (χ0n) is 15.9. The van der Waals surface area contributed by atoms with E-state index in [1.54, 1.807) is 48.3 Å². The molecular weight excluding hydrogens is 373 g/mol. The molecule has 1 aromatic heterocycles. The fourth-order valence-corrected chi connectivity index (χ4v) is 3.15. The lowest BCUT2D eigenvalue weighted by Crippen LogP contribution is -2.38. The van der Waals surface area contributed by atoms with Crippen LogP contribution in [0.25, 0.3) is 0 Å². The number of carbonyl (C=O) groups excluding carboxylic acids is 2. The molecular formula is C21H22FN5O2. The van der Waals surface area contributed by atoms with Crippen LogP contribution >= 0.6 is 0 Å². The van der Waals surface area contributed by atoms with Gasteiger partial charge in [-0.2, -0.15) is 0 Å². The van der Waals surface area contributed by atoms with Crippen LogP contribution in [0.3, 0.4) is 0 Å². The van der Waals surface area contributed by atoms with Crippen LogP contribution in [0.5, 0.6) is 0 Å². The van der Waals surface area contributed by atoms with E-state index < -0.39 is 23.9 Å². The third-order valence-electron chi connectivity index (χ3n) is 4.51. The number of urea groups is 1. The second-order valence-corrected chi connectivity index (χ2v) is 6.63. The summed E-state index contributed by atoms with van der Waals surface area (Å²) in [7, 11) is 1.79. The number of amides is 3. The van der Waals surface area contributed by atoms with Gasteiger partial charge >= 0.3 is 6.03 Å². The Morgan fingerprint density at radius 1 is 1.10 bits per heavy atom. The third kappa shape index (κ3) is 5.19. The fraction of sp³-hybridized carbons (Fsp3) is 0.190. The third-order valence-corrected chi connectivity index (χ3v) is 4.51. The van der Waals surface area contributed by atoms with Gasteiger partial charge in [-0.15, -0.1) is 0 Å². The van der Waals surface area contributed by atoms with Crippen LogP contribution in [0.15, 0.2) is 67.0 Å². The van der Waals surface area contributed by atoms with Crippen molar-refractivity contribution in [3.8, 4) is 0 Å².